The number of aromatic amines is 1. The summed E-state index contributed by atoms with van der Waals surface area (Å²) in [5, 5.41) is 9.49. The van der Waals surface area contributed by atoms with E-state index in [9.17, 15) is 9.90 Å². The number of H-pyrrole nitrogens is 1. The Labute approximate surface area is 111 Å². The van der Waals surface area contributed by atoms with E-state index >= 15 is 0 Å². The van der Waals surface area contributed by atoms with Gasteiger partial charge in [0.25, 0.3) is 0 Å². The van der Waals surface area contributed by atoms with Crippen molar-refractivity contribution in [2.24, 2.45) is 0 Å². The molecule has 18 heavy (non-hydrogen) atoms. The minimum Gasteiger partial charge on any atom is -0.508 e. The molecule has 3 aromatic rings. The lowest BCUT2D eigenvalue weighted by Gasteiger charge is -2.03. The van der Waals surface area contributed by atoms with E-state index in [1.54, 1.807) is 24.3 Å². The van der Waals surface area contributed by atoms with Crippen LogP contribution in [0.2, 0.25) is 0 Å². The number of phenols is 1. The molecular formula is C13H9BrN2O2. The molecule has 0 aliphatic heterocycles. The third-order valence-corrected chi connectivity index (χ3v) is 3.23. The molecule has 5 heteroatoms. The SMILES string of the molecule is O=c1[nH]c2cc(Br)ccc2n1-c1cccc(O)c1. The predicted octanol–water partition coefficient (Wildman–Crippen LogP) is 2.79. The van der Waals surface area contributed by atoms with E-state index in [-0.39, 0.29) is 11.4 Å². The van der Waals surface area contributed by atoms with Gasteiger partial charge in [-0.1, -0.05) is 22.0 Å². The molecule has 0 amide bonds. The second kappa shape index (κ2) is 4.03. The summed E-state index contributed by atoms with van der Waals surface area (Å²) in [5.74, 6) is 0.130. The van der Waals surface area contributed by atoms with Crippen LogP contribution >= 0.6 is 15.9 Å². The zero-order valence-corrected chi connectivity index (χ0v) is 10.8. The molecule has 2 N–H and O–H groups in total. The molecule has 3 rings (SSSR count). The fourth-order valence-corrected chi connectivity index (χ4v) is 2.33. The molecule has 90 valence electrons. The maximum atomic E-state index is 12.0. The second-order valence-corrected chi connectivity index (χ2v) is 4.86. The van der Waals surface area contributed by atoms with E-state index in [1.807, 2.05) is 18.2 Å². The van der Waals surface area contributed by atoms with Crippen molar-refractivity contribution in [3.63, 3.8) is 0 Å². The number of nitrogens with zero attached hydrogens (tertiary/aromatic N) is 1. The minimum atomic E-state index is -0.228. The van der Waals surface area contributed by atoms with Crippen molar-refractivity contribution >= 4 is 27.0 Å². The lowest BCUT2D eigenvalue weighted by atomic mass is 10.2. The third kappa shape index (κ3) is 1.73. The number of rotatable bonds is 1. The first kappa shape index (κ1) is 11.1. The molecule has 0 spiro atoms. The van der Waals surface area contributed by atoms with E-state index in [4.69, 9.17) is 0 Å². The molecule has 0 radical (unpaired) electrons. The van der Waals surface area contributed by atoms with Gasteiger partial charge in [0.2, 0.25) is 0 Å². The highest BCUT2D eigenvalue weighted by Gasteiger charge is 2.09. The molecular weight excluding hydrogens is 296 g/mol. The number of phenolic OH excluding ortho intramolecular Hbond substituents is 1. The molecule has 0 atom stereocenters. The molecule has 4 nitrogen and oxygen atoms in total. The smallest absolute Gasteiger partial charge is 0.331 e. The van der Waals surface area contributed by atoms with Gasteiger partial charge in [0.15, 0.2) is 0 Å². The number of nitrogens with one attached hydrogen (secondary N) is 1. The van der Waals surface area contributed by atoms with Crippen molar-refractivity contribution < 1.29 is 5.11 Å². The van der Waals surface area contributed by atoms with E-state index in [1.165, 1.54) is 4.57 Å². The van der Waals surface area contributed by atoms with E-state index in [0.717, 1.165) is 15.5 Å². The fraction of sp³-hybridized carbons (Fsp3) is 0. The van der Waals surface area contributed by atoms with Gasteiger partial charge in [-0.3, -0.25) is 4.57 Å². The number of aromatic nitrogens is 2. The number of aromatic hydroxyl groups is 1. The van der Waals surface area contributed by atoms with Crippen molar-refractivity contribution in [1.82, 2.24) is 9.55 Å². The fourth-order valence-electron chi connectivity index (χ4n) is 1.97. The molecule has 0 aliphatic rings. The Morgan fingerprint density at radius 3 is 2.78 bits per heavy atom. The Hall–Kier alpha value is -2.01. The van der Waals surface area contributed by atoms with Gasteiger partial charge >= 0.3 is 5.69 Å². The largest absolute Gasteiger partial charge is 0.508 e. The standard InChI is InChI=1S/C13H9BrN2O2/c14-8-4-5-12-11(6-8)15-13(18)16(12)9-2-1-3-10(17)7-9/h1-7,17H,(H,15,18). The summed E-state index contributed by atoms with van der Waals surface area (Å²) in [6, 6.07) is 12.2. The summed E-state index contributed by atoms with van der Waals surface area (Å²) in [4.78, 5) is 14.8. The summed E-state index contributed by atoms with van der Waals surface area (Å²) in [7, 11) is 0. The lowest BCUT2D eigenvalue weighted by molar-refractivity contribution is 0.475. The molecule has 0 saturated carbocycles. The maximum Gasteiger partial charge on any atom is 0.331 e. The minimum absolute atomic E-state index is 0.130. The third-order valence-electron chi connectivity index (χ3n) is 2.73. The van der Waals surface area contributed by atoms with Crippen molar-refractivity contribution in [3.8, 4) is 11.4 Å². The summed E-state index contributed by atoms with van der Waals surface area (Å²) < 4.78 is 2.43. The molecule has 0 bridgehead atoms. The quantitative estimate of drug-likeness (QED) is 0.726. The van der Waals surface area contributed by atoms with Crippen molar-refractivity contribution in [2.75, 3.05) is 0 Å². The van der Waals surface area contributed by atoms with Crippen LogP contribution in [0.1, 0.15) is 0 Å². The van der Waals surface area contributed by atoms with Crippen LogP contribution in [0.25, 0.3) is 16.7 Å². The van der Waals surface area contributed by atoms with Gasteiger partial charge in [0, 0.05) is 10.5 Å². The van der Waals surface area contributed by atoms with E-state index in [0.29, 0.717) is 5.69 Å². The normalized spacial score (nSPS) is 10.9. The number of halogens is 1. The second-order valence-electron chi connectivity index (χ2n) is 3.95. The van der Waals surface area contributed by atoms with Gasteiger partial charge in [-0.15, -0.1) is 0 Å². The summed E-state index contributed by atoms with van der Waals surface area (Å²) in [6.45, 7) is 0. The van der Waals surface area contributed by atoms with Crippen molar-refractivity contribution in [2.45, 2.75) is 0 Å². The zero-order valence-electron chi connectivity index (χ0n) is 9.22. The highest BCUT2D eigenvalue weighted by Crippen LogP contribution is 2.21. The Balaban J connectivity index is 2.35. The van der Waals surface area contributed by atoms with Crippen LogP contribution in [0, 0.1) is 0 Å². The van der Waals surface area contributed by atoms with Crippen LogP contribution < -0.4 is 5.69 Å². The zero-order chi connectivity index (χ0) is 12.7. The number of benzene rings is 2. The van der Waals surface area contributed by atoms with E-state index < -0.39 is 0 Å². The van der Waals surface area contributed by atoms with Crippen LogP contribution in [0.15, 0.2) is 51.7 Å². The molecule has 0 unspecified atom stereocenters. The monoisotopic (exact) mass is 304 g/mol. The van der Waals surface area contributed by atoms with Crippen LogP contribution in [-0.4, -0.2) is 14.7 Å². The van der Waals surface area contributed by atoms with Gasteiger partial charge in [0.05, 0.1) is 16.7 Å². The van der Waals surface area contributed by atoms with Crippen molar-refractivity contribution in [3.05, 3.63) is 57.4 Å². The lowest BCUT2D eigenvalue weighted by Crippen LogP contribution is -2.14. The predicted molar refractivity (Wildman–Crippen MR) is 73.3 cm³/mol. The van der Waals surface area contributed by atoms with Gasteiger partial charge in [0.1, 0.15) is 5.75 Å². The number of hydrogen-bond acceptors (Lipinski definition) is 2. The molecule has 0 fully saturated rings. The molecule has 0 aliphatic carbocycles. The highest BCUT2D eigenvalue weighted by molar-refractivity contribution is 9.10. The summed E-state index contributed by atoms with van der Waals surface area (Å²) in [6.07, 6.45) is 0. The highest BCUT2D eigenvalue weighted by atomic mass is 79.9. The molecule has 1 heterocycles. The Bertz CT molecular complexity index is 789. The molecule has 2 aromatic carbocycles. The Morgan fingerprint density at radius 1 is 1.17 bits per heavy atom. The molecule has 0 saturated heterocycles. The van der Waals surface area contributed by atoms with E-state index in [2.05, 4.69) is 20.9 Å². The number of hydrogen-bond donors (Lipinski definition) is 2. The topological polar surface area (TPSA) is 58.0 Å². The van der Waals surface area contributed by atoms with Crippen molar-refractivity contribution in [1.29, 1.82) is 0 Å². The first-order chi connectivity index (χ1) is 8.65. The summed E-state index contributed by atoms with van der Waals surface area (Å²) in [5.41, 5.74) is 1.92. The van der Waals surface area contributed by atoms with Gasteiger partial charge in [-0.25, -0.2) is 4.79 Å². The Kier molecular flexibility index (Phi) is 2.48. The first-order valence-electron chi connectivity index (χ1n) is 5.35. The average molecular weight is 305 g/mol. The van der Waals surface area contributed by atoms with Crippen LogP contribution in [0.4, 0.5) is 0 Å². The van der Waals surface area contributed by atoms with Gasteiger partial charge in [-0.2, -0.15) is 0 Å². The Morgan fingerprint density at radius 2 is 2.00 bits per heavy atom. The number of imidazole rings is 1. The number of fused-ring (bicyclic) bond motifs is 1. The van der Waals surface area contributed by atoms with Crippen LogP contribution in [-0.2, 0) is 0 Å². The molecule has 1 aromatic heterocycles. The average Bonchev–Trinajstić information content (AvgIpc) is 2.64. The first-order valence-corrected chi connectivity index (χ1v) is 6.14. The van der Waals surface area contributed by atoms with Crippen LogP contribution in [0.5, 0.6) is 5.75 Å². The van der Waals surface area contributed by atoms with Gasteiger partial charge < -0.3 is 10.1 Å². The van der Waals surface area contributed by atoms with Crippen LogP contribution in [0.3, 0.4) is 0 Å². The van der Waals surface area contributed by atoms with Gasteiger partial charge in [-0.05, 0) is 30.3 Å². The summed E-state index contributed by atoms with van der Waals surface area (Å²) >= 11 is 3.36. The maximum absolute atomic E-state index is 12.0.